The highest BCUT2D eigenvalue weighted by molar-refractivity contribution is 5.83. The summed E-state index contributed by atoms with van der Waals surface area (Å²) in [7, 11) is 1.47. The largest absolute Gasteiger partial charge is 0.451 e. The number of anilines is 1. The van der Waals surface area contributed by atoms with Crippen molar-refractivity contribution in [1.82, 2.24) is 15.1 Å². The van der Waals surface area contributed by atoms with Gasteiger partial charge < -0.3 is 15.8 Å². The summed E-state index contributed by atoms with van der Waals surface area (Å²) < 4.78 is 6.21. The van der Waals surface area contributed by atoms with Gasteiger partial charge >= 0.3 is 5.97 Å². The number of carbonyl (C=O) groups is 2. The van der Waals surface area contributed by atoms with Gasteiger partial charge in [-0.1, -0.05) is 0 Å². The molecule has 0 aliphatic heterocycles. The second-order valence-corrected chi connectivity index (χ2v) is 3.22. The molecule has 1 unspecified atom stereocenters. The van der Waals surface area contributed by atoms with Crippen LogP contribution in [0.5, 0.6) is 0 Å². The van der Waals surface area contributed by atoms with Crippen LogP contribution in [0.3, 0.4) is 0 Å². The predicted octanol–water partition coefficient (Wildman–Crippen LogP) is -0.857. The second kappa shape index (κ2) is 5.15. The summed E-state index contributed by atoms with van der Waals surface area (Å²) in [4.78, 5) is 22.4. The lowest BCUT2D eigenvalue weighted by Crippen LogP contribution is -2.34. The zero-order valence-corrected chi connectivity index (χ0v) is 9.14. The lowest BCUT2D eigenvalue weighted by molar-refractivity contribution is -0.155. The van der Waals surface area contributed by atoms with E-state index in [0.29, 0.717) is 5.69 Å². The molecule has 0 bridgehead atoms. The van der Waals surface area contributed by atoms with Gasteiger partial charge in [-0.05, 0) is 6.92 Å². The number of nitrogens with one attached hydrogen (secondary N) is 1. The van der Waals surface area contributed by atoms with E-state index in [1.165, 1.54) is 31.0 Å². The number of ether oxygens (including phenoxy) is 1. The van der Waals surface area contributed by atoms with Gasteiger partial charge in [0.15, 0.2) is 6.10 Å². The Morgan fingerprint density at radius 2 is 2.38 bits per heavy atom. The molecular weight excluding hydrogens is 212 g/mol. The fraction of sp³-hybridized carbons (Fsp3) is 0.444. The van der Waals surface area contributed by atoms with Gasteiger partial charge in [0.2, 0.25) is 0 Å². The van der Waals surface area contributed by atoms with Gasteiger partial charge in [-0.2, -0.15) is 5.10 Å². The van der Waals surface area contributed by atoms with Crippen molar-refractivity contribution in [3.8, 4) is 0 Å². The number of carbonyl (C=O) groups excluding carboxylic acids is 2. The summed E-state index contributed by atoms with van der Waals surface area (Å²) in [6.07, 6.45) is 2.12. The van der Waals surface area contributed by atoms with Crippen LogP contribution in [0.15, 0.2) is 12.4 Å². The molecule has 0 aromatic carbocycles. The summed E-state index contributed by atoms with van der Waals surface area (Å²) in [6, 6.07) is 0. The SMILES string of the molecule is CNC(=O)C(C)OC(=O)Cn1cc(N)cn1. The Morgan fingerprint density at radius 1 is 1.69 bits per heavy atom. The van der Waals surface area contributed by atoms with Gasteiger partial charge in [0.25, 0.3) is 5.91 Å². The number of nitrogens with zero attached hydrogens (tertiary/aromatic N) is 2. The van der Waals surface area contributed by atoms with Gasteiger partial charge in [0.05, 0.1) is 11.9 Å². The molecule has 88 valence electrons. The van der Waals surface area contributed by atoms with Crippen LogP contribution < -0.4 is 11.1 Å². The first-order chi connectivity index (χ1) is 7.52. The molecule has 0 saturated heterocycles. The van der Waals surface area contributed by atoms with Crippen molar-refractivity contribution in [3.05, 3.63) is 12.4 Å². The van der Waals surface area contributed by atoms with Crippen LogP contribution in [0.2, 0.25) is 0 Å². The van der Waals surface area contributed by atoms with Crippen LogP contribution in [-0.2, 0) is 20.9 Å². The third-order valence-corrected chi connectivity index (χ3v) is 1.87. The monoisotopic (exact) mass is 226 g/mol. The third-order valence-electron chi connectivity index (χ3n) is 1.87. The number of nitrogen functional groups attached to an aromatic ring is 1. The number of esters is 1. The van der Waals surface area contributed by atoms with E-state index in [0.717, 1.165) is 0 Å². The molecule has 0 radical (unpaired) electrons. The minimum absolute atomic E-state index is 0.0709. The Labute approximate surface area is 92.6 Å². The van der Waals surface area contributed by atoms with Crippen molar-refractivity contribution in [1.29, 1.82) is 0 Å². The Hall–Kier alpha value is -2.05. The van der Waals surface area contributed by atoms with Crippen LogP contribution in [-0.4, -0.2) is 34.8 Å². The molecule has 1 aromatic rings. The second-order valence-electron chi connectivity index (χ2n) is 3.22. The molecule has 1 atom stereocenters. The first-order valence-electron chi connectivity index (χ1n) is 4.72. The van der Waals surface area contributed by atoms with E-state index in [4.69, 9.17) is 10.5 Å². The number of nitrogens with two attached hydrogens (primary N) is 1. The number of hydrogen-bond donors (Lipinski definition) is 2. The lowest BCUT2D eigenvalue weighted by atomic mass is 10.4. The molecule has 0 aliphatic carbocycles. The standard InChI is InChI=1S/C9H14N4O3/c1-6(9(15)11-2)16-8(14)5-13-4-7(10)3-12-13/h3-4,6H,5,10H2,1-2H3,(H,11,15). The van der Waals surface area contributed by atoms with E-state index in [2.05, 4.69) is 10.4 Å². The van der Waals surface area contributed by atoms with Crippen LogP contribution >= 0.6 is 0 Å². The first kappa shape index (κ1) is 12.0. The third kappa shape index (κ3) is 3.26. The maximum atomic E-state index is 11.3. The molecule has 0 spiro atoms. The number of amides is 1. The molecule has 1 rings (SSSR count). The minimum Gasteiger partial charge on any atom is -0.451 e. The molecule has 0 saturated carbocycles. The molecule has 0 fully saturated rings. The fourth-order valence-electron chi connectivity index (χ4n) is 1.09. The fourth-order valence-corrected chi connectivity index (χ4v) is 1.09. The van der Waals surface area contributed by atoms with E-state index in [9.17, 15) is 9.59 Å². The van der Waals surface area contributed by atoms with E-state index in [1.54, 1.807) is 0 Å². The van der Waals surface area contributed by atoms with Crippen molar-refractivity contribution < 1.29 is 14.3 Å². The van der Waals surface area contributed by atoms with Crippen LogP contribution in [0.1, 0.15) is 6.92 Å². The number of aromatic nitrogens is 2. The molecule has 7 nitrogen and oxygen atoms in total. The normalized spacial score (nSPS) is 11.9. The lowest BCUT2D eigenvalue weighted by Gasteiger charge is -2.11. The van der Waals surface area contributed by atoms with Crippen LogP contribution in [0.25, 0.3) is 0 Å². The van der Waals surface area contributed by atoms with Crippen molar-refractivity contribution in [2.24, 2.45) is 0 Å². The van der Waals surface area contributed by atoms with Crippen molar-refractivity contribution >= 4 is 17.6 Å². The summed E-state index contributed by atoms with van der Waals surface area (Å²) in [5.41, 5.74) is 5.89. The maximum Gasteiger partial charge on any atom is 0.328 e. The topological polar surface area (TPSA) is 99.2 Å². The van der Waals surface area contributed by atoms with Crippen LogP contribution in [0, 0.1) is 0 Å². The van der Waals surface area contributed by atoms with Gasteiger partial charge in [-0.3, -0.25) is 14.3 Å². The zero-order valence-electron chi connectivity index (χ0n) is 9.14. The van der Waals surface area contributed by atoms with E-state index in [-0.39, 0.29) is 12.5 Å². The highest BCUT2D eigenvalue weighted by Gasteiger charge is 2.16. The molecule has 1 heterocycles. The zero-order chi connectivity index (χ0) is 12.1. The number of hydrogen-bond acceptors (Lipinski definition) is 5. The maximum absolute atomic E-state index is 11.3. The average Bonchev–Trinajstić information content (AvgIpc) is 2.62. The molecule has 0 aliphatic rings. The first-order valence-corrected chi connectivity index (χ1v) is 4.72. The summed E-state index contributed by atoms with van der Waals surface area (Å²) in [5.74, 6) is -0.896. The molecule has 1 aromatic heterocycles. The average molecular weight is 226 g/mol. The van der Waals surface area contributed by atoms with Gasteiger partial charge in [0.1, 0.15) is 6.54 Å². The Bertz CT molecular complexity index is 388. The van der Waals surface area contributed by atoms with Crippen molar-refractivity contribution in [2.75, 3.05) is 12.8 Å². The summed E-state index contributed by atoms with van der Waals surface area (Å²) in [5, 5.41) is 6.20. The highest BCUT2D eigenvalue weighted by atomic mass is 16.5. The quantitative estimate of drug-likeness (QED) is 0.651. The molecular formula is C9H14N4O3. The van der Waals surface area contributed by atoms with Crippen molar-refractivity contribution in [3.63, 3.8) is 0 Å². The molecule has 1 amide bonds. The van der Waals surface area contributed by atoms with Crippen molar-refractivity contribution in [2.45, 2.75) is 19.6 Å². The van der Waals surface area contributed by atoms with E-state index in [1.807, 2.05) is 0 Å². The Balaban J connectivity index is 2.45. The van der Waals surface area contributed by atoms with Gasteiger partial charge in [-0.15, -0.1) is 0 Å². The summed E-state index contributed by atoms with van der Waals surface area (Å²) in [6.45, 7) is 1.42. The number of likely N-dealkylation sites (N-methyl/N-ethyl adjacent to an activating group) is 1. The minimum atomic E-state index is -0.814. The smallest absolute Gasteiger partial charge is 0.328 e. The predicted molar refractivity (Wildman–Crippen MR) is 56.3 cm³/mol. The molecule has 16 heavy (non-hydrogen) atoms. The van der Waals surface area contributed by atoms with Crippen LogP contribution in [0.4, 0.5) is 5.69 Å². The Kier molecular flexibility index (Phi) is 3.87. The summed E-state index contributed by atoms with van der Waals surface area (Å²) >= 11 is 0. The van der Waals surface area contributed by atoms with Gasteiger partial charge in [-0.25, -0.2) is 0 Å². The molecule has 3 N–H and O–H groups in total. The molecule has 7 heteroatoms. The van der Waals surface area contributed by atoms with E-state index < -0.39 is 12.1 Å². The Morgan fingerprint density at radius 3 is 2.88 bits per heavy atom. The highest BCUT2D eigenvalue weighted by Crippen LogP contribution is 1.99. The number of rotatable bonds is 4. The van der Waals surface area contributed by atoms with E-state index >= 15 is 0 Å². The van der Waals surface area contributed by atoms with Gasteiger partial charge in [0, 0.05) is 13.2 Å².